The zero-order valence-electron chi connectivity index (χ0n) is 12.7. The number of ether oxygens (including phenoxy) is 1. The molecule has 0 unspecified atom stereocenters. The van der Waals surface area contributed by atoms with Crippen LogP contribution in [0.25, 0.3) is 0 Å². The van der Waals surface area contributed by atoms with E-state index in [1.165, 1.54) is 24.1 Å². The number of likely N-dealkylation sites (N-methyl/N-ethyl adjacent to an activating group) is 1. The molecule has 0 saturated heterocycles. The number of hydrogen-bond acceptors (Lipinski definition) is 4. The van der Waals surface area contributed by atoms with Crippen LogP contribution in [0.5, 0.6) is 5.75 Å². The highest BCUT2D eigenvalue weighted by atomic mass is 32.1. The minimum absolute atomic E-state index is 0.131. The van der Waals surface area contributed by atoms with Gasteiger partial charge in [-0.3, -0.25) is 0 Å². The van der Waals surface area contributed by atoms with Crippen LogP contribution in [0.2, 0.25) is 0 Å². The zero-order chi connectivity index (χ0) is 16.1. The molecule has 2 aromatic rings. The SMILES string of the molecule is COc1ccc(NC(=O)N(C)CCc2scnc2C)c(F)c1. The highest BCUT2D eigenvalue weighted by Crippen LogP contribution is 2.20. The normalized spacial score (nSPS) is 10.4. The number of benzene rings is 1. The maximum atomic E-state index is 13.8. The van der Waals surface area contributed by atoms with Crippen molar-refractivity contribution in [3.63, 3.8) is 0 Å². The van der Waals surface area contributed by atoms with Crippen LogP contribution in [0.15, 0.2) is 23.7 Å². The second kappa shape index (κ2) is 7.22. The highest BCUT2D eigenvalue weighted by molar-refractivity contribution is 7.09. The number of nitrogens with zero attached hydrogens (tertiary/aromatic N) is 2. The van der Waals surface area contributed by atoms with E-state index in [4.69, 9.17) is 4.74 Å². The first-order valence-corrected chi connectivity index (χ1v) is 7.64. The zero-order valence-corrected chi connectivity index (χ0v) is 13.5. The summed E-state index contributed by atoms with van der Waals surface area (Å²) in [4.78, 5) is 18.9. The van der Waals surface area contributed by atoms with Gasteiger partial charge in [-0.15, -0.1) is 11.3 Å². The van der Waals surface area contributed by atoms with E-state index in [2.05, 4.69) is 10.3 Å². The Kier molecular flexibility index (Phi) is 5.32. The molecule has 2 amide bonds. The van der Waals surface area contributed by atoms with E-state index < -0.39 is 5.82 Å². The monoisotopic (exact) mass is 323 g/mol. The Bertz CT molecular complexity index is 660. The van der Waals surface area contributed by atoms with Gasteiger partial charge < -0.3 is 15.0 Å². The summed E-state index contributed by atoms with van der Waals surface area (Å²) in [7, 11) is 3.13. The second-order valence-corrected chi connectivity index (χ2v) is 5.75. The summed E-state index contributed by atoms with van der Waals surface area (Å²) in [5, 5.41) is 2.55. The molecule has 0 fully saturated rings. The lowest BCUT2D eigenvalue weighted by Crippen LogP contribution is -2.33. The number of nitrogens with one attached hydrogen (secondary N) is 1. The van der Waals surface area contributed by atoms with Gasteiger partial charge in [0.05, 0.1) is 24.0 Å². The van der Waals surface area contributed by atoms with Gasteiger partial charge in [0.2, 0.25) is 0 Å². The van der Waals surface area contributed by atoms with Crippen LogP contribution >= 0.6 is 11.3 Å². The maximum Gasteiger partial charge on any atom is 0.321 e. The molecule has 1 aromatic heterocycles. The van der Waals surface area contributed by atoms with E-state index in [-0.39, 0.29) is 11.7 Å². The van der Waals surface area contributed by atoms with Gasteiger partial charge in [-0.25, -0.2) is 14.2 Å². The van der Waals surface area contributed by atoms with Crippen LogP contribution in [0, 0.1) is 12.7 Å². The standard InChI is InChI=1S/C15H18FN3O2S/c1-10-14(22-9-17-10)6-7-19(2)15(20)18-13-5-4-11(21-3)8-12(13)16/h4-5,8-9H,6-7H2,1-3H3,(H,18,20). The Hall–Kier alpha value is -2.15. The molecule has 1 aromatic carbocycles. The second-order valence-electron chi connectivity index (χ2n) is 4.81. The van der Waals surface area contributed by atoms with Crippen LogP contribution in [0.3, 0.4) is 0 Å². The van der Waals surface area contributed by atoms with E-state index >= 15 is 0 Å². The van der Waals surface area contributed by atoms with Crippen LogP contribution in [0.4, 0.5) is 14.9 Å². The van der Waals surface area contributed by atoms with Crippen molar-refractivity contribution in [3.05, 3.63) is 40.1 Å². The predicted molar refractivity (Wildman–Crippen MR) is 85.2 cm³/mol. The fourth-order valence-corrected chi connectivity index (χ4v) is 2.64. The summed E-state index contributed by atoms with van der Waals surface area (Å²) in [5.74, 6) is -0.121. The molecule has 1 heterocycles. The number of aryl methyl sites for hydroxylation is 1. The van der Waals surface area contributed by atoms with Gasteiger partial charge in [0.25, 0.3) is 0 Å². The van der Waals surface area contributed by atoms with E-state index in [0.717, 1.165) is 17.0 Å². The molecular formula is C15H18FN3O2S. The van der Waals surface area contributed by atoms with Gasteiger partial charge >= 0.3 is 6.03 Å². The first kappa shape index (κ1) is 16.2. The third kappa shape index (κ3) is 3.94. The van der Waals surface area contributed by atoms with Gasteiger partial charge in [0.1, 0.15) is 11.6 Å². The predicted octanol–water partition coefficient (Wildman–Crippen LogP) is 3.31. The number of urea groups is 1. The van der Waals surface area contributed by atoms with Crippen molar-refractivity contribution >= 4 is 23.1 Å². The summed E-state index contributed by atoms with van der Waals surface area (Å²) in [5.41, 5.74) is 2.91. The van der Waals surface area contributed by atoms with Crippen molar-refractivity contribution in [2.75, 3.05) is 26.0 Å². The summed E-state index contributed by atoms with van der Waals surface area (Å²) in [6.07, 6.45) is 0.728. The molecule has 2 rings (SSSR count). The minimum Gasteiger partial charge on any atom is -0.497 e. The smallest absolute Gasteiger partial charge is 0.321 e. The van der Waals surface area contributed by atoms with Gasteiger partial charge in [-0.2, -0.15) is 0 Å². The molecule has 22 heavy (non-hydrogen) atoms. The van der Waals surface area contributed by atoms with Gasteiger partial charge in [0.15, 0.2) is 0 Å². The lowest BCUT2D eigenvalue weighted by atomic mass is 10.3. The number of amides is 2. The summed E-state index contributed by atoms with van der Waals surface area (Å²) >= 11 is 1.57. The summed E-state index contributed by atoms with van der Waals surface area (Å²) in [6.45, 7) is 2.48. The molecule has 1 N–H and O–H groups in total. The van der Waals surface area contributed by atoms with E-state index in [9.17, 15) is 9.18 Å². The topological polar surface area (TPSA) is 54.5 Å². The Morgan fingerprint density at radius 2 is 2.27 bits per heavy atom. The average molecular weight is 323 g/mol. The molecule has 5 nitrogen and oxygen atoms in total. The lowest BCUT2D eigenvalue weighted by molar-refractivity contribution is 0.223. The maximum absolute atomic E-state index is 13.8. The Morgan fingerprint density at radius 3 is 2.86 bits per heavy atom. The molecule has 0 spiro atoms. The number of carbonyl (C=O) groups is 1. The fourth-order valence-electron chi connectivity index (χ4n) is 1.87. The van der Waals surface area contributed by atoms with Crippen LogP contribution in [0.1, 0.15) is 10.6 Å². The van der Waals surface area contributed by atoms with Crippen molar-refractivity contribution in [2.45, 2.75) is 13.3 Å². The Labute approximate surface area is 132 Å². The molecule has 0 atom stereocenters. The van der Waals surface area contributed by atoms with Crippen LogP contribution in [-0.2, 0) is 6.42 Å². The van der Waals surface area contributed by atoms with Crippen molar-refractivity contribution < 1.29 is 13.9 Å². The van der Waals surface area contributed by atoms with Crippen molar-refractivity contribution in [3.8, 4) is 5.75 Å². The molecule has 7 heteroatoms. The molecule has 0 saturated carbocycles. The van der Waals surface area contributed by atoms with Gasteiger partial charge in [-0.05, 0) is 19.1 Å². The third-order valence-corrected chi connectivity index (χ3v) is 4.28. The highest BCUT2D eigenvalue weighted by Gasteiger charge is 2.13. The van der Waals surface area contributed by atoms with Crippen molar-refractivity contribution in [2.24, 2.45) is 0 Å². The number of halogens is 1. The molecule has 0 radical (unpaired) electrons. The largest absolute Gasteiger partial charge is 0.497 e. The average Bonchev–Trinajstić information content (AvgIpc) is 2.91. The molecular weight excluding hydrogens is 305 g/mol. The fraction of sp³-hybridized carbons (Fsp3) is 0.333. The molecule has 118 valence electrons. The molecule has 0 aliphatic rings. The number of anilines is 1. The Balaban J connectivity index is 1.92. The summed E-state index contributed by atoms with van der Waals surface area (Å²) in [6, 6.07) is 3.95. The first-order valence-electron chi connectivity index (χ1n) is 6.76. The van der Waals surface area contributed by atoms with E-state index in [1.807, 2.05) is 6.92 Å². The number of rotatable bonds is 5. The number of hydrogen-bond donors (Lipinski definition) is 1. The van der Waals surface area contributed by atoms with E-state index in [1.54, 1.807) is 30.0 Å². The quantitative estimate of drug-likeness (QED) is 0.918. The van der Waals surface area contributed by atoms with Crippen LogP contribution < -0.4 is 10.1 Å². The van der Waals surface area contributed by atoms with Gasteiger partial charge in [0, 0.05) is 31.0 Å². The summed E-state index contributed by atoms with van der Waals surface area (Å²) < 4.78 is 18.7. The first-order chi connectivity index (χ1) is 10.5. The number of aromatic nitrogens is 1. The van der Waals surface area contributed by atoms with Gasteiger partial charge in [-0.1, -0.05) is 0 Å². The minimum atomic E-state index is -0.528. The Morgan fingerprint density at radius 1 is 1.50 bits per heavy atom. The lowest BCUT2D eigenvalue weighted by Gasteiger charge is -2.18. The van der Waals surface area contributed by atoms with Crippen molar-refractivity contribution in [1.29, 1.82) is 0 Å². The number of thiazole rings is 1. The number of methoxy groups -OCH3 is 1. The third-order valence-electron chi connectivity index (χ3n) is 3.28. The van der Waals surface area contributed by atoms with E-state index in [0.29, 0.717) is 12.3 Å². The number of carbonyl (C=O) groups excluding carboxylic acids is 1. The molecule has 0 bridgehead atoms. The molecule has 0 aliphatic heterocycles. The van der Waals surface area contributed by atoms with Crippen LogP contribution in [-0.4, -0.2) is 36.6 Å². The molecule has 0 aliphatic carbocycles. The van der Waals surface area contributed by atoms with Crippen molar-refractivity contribution in [1.82, 2.24) is 9.88 Å².